The minimum atomic E-state index is 0.0895. The highest BCUT2D eigenvalue weighted by atomic mass is 16.7. The third-order valence-corrected chi connectivity index (χ3v) is 3.25. The molecular weight excluding hydrogens is 254 g/mol. The molecule has 20 heavy (non-hydrogen) atoms. The van der Waals surface area contributed by atoms with Crippen molar-refractivity contribution < 1.29 is 14.3 Å². The van der Waals surface area contributed by atoms with Gasteiger partial charge in [-0.05, 0) is 43.7 Å². The molecule has 0 unspecified atom stereocenters. The molecule has 0 bridgehead atoms. The smallest absolute Gasteiger partial charge is 0.231 e. The average molecular weight is 269 g/mol. The summed E-state index contributed by atoms with van der Waals surface area (Å²) in [4.78, 5) is 16.6. The van der Waals surface area contributed by atoms with Crippen molar-refractivity contribution in [3.63, 3.8) is 0 Å². The molecule has 1 aromatic heterocycles. The zero-order valence-corrected chi connectivity index (χ0v) is 11.3. The van der Waals surface area contributed by atoms with Crippen molar-refractivity contribution in [2.75, 3.05) is 6.79 Å². The molecule has 1 aliphatic heterocycles. The standard InChI is InChI=1S/C16H15NO3/c1-11-3-2-4-13(17-11)6-7-14(18)12-5-8-15-16(9-12)20-10-19-15/h2-5,8-9H,6-7,10H2,1H3. The van der Waals surface area contributed by atoms with Crippen LogP contribution in [0.4, 0.5) is 0 Å². The molecule has 3 rings (SSSR count). The summed E-state index contributed by atoms with van der Waals surface area (Å²) in [6, 6.07) is 11.2. The van der Waals surface area contributed by atoms with Crippen molar-refractivity contribution in [2.24, 2.45) is 0 Å². The van der Waals surface area contributed by atoms with Gasteiger partial charge >= 0.3 is 0 Å². The molecule has 0 saturated heterocycles. The summed E-state index contributed by atoms with van der Waals surface area (Å²) in [5.74, 6) is 1.43. The number of rotatable bonds is 4. The third-order valence-electron chi connectivity index (χ3n) is 3.25. The Kier molecular flexibility index (Phi) is 3.37. The summed E-state index contributed by atoms with van der Waals surface area (Å²) in [6.07, 6.45) is 1.09. The second-order valence-corrected chi connectivity index (χ2v) is 4.76. The molecular formula is C16H15NO3. The van der Waals surface area contributed by atoms with Crippen molar-refractivity contribution in [1.29, 1.82) is 0 Å². The van der Waals surface area contributed by atoms with E-state index < -0.39 is 0 Å². The number of hydrogen-bond donors (Lipinski definition) is 0. The van der Waals surface area contributed by atoms with E-state index in [2.05, 4.69) is 4.98 Å². The maximum absolute atomic E-state index is 12.2. The zero-order chi connectivity index (χ0) is 13.9. The van der Waals surface area contributed by atoms with Gasteiger partial charge in [-0.15, -0.1) is 0 Å². The number of pyridine rings is 1. The largest absolute Gasteiger partial charge is 0.454 e. The fourth-order valence-electron chi connectivity index (χ4n) is 2.19. The quantitative estimate of drug-likeness (QED) is 0.801. The van der Waals surface area contributed by atoms with Crippen molar-refractivity contribution >= 4 is 5.78 Å². The Hall–Kier alpha value is -2.36. The van der Waals surface area contributed by atoms with Crippen LogP contribution < -0.4 is 9.47 Å². The van der Waals surface area contributed by atoms with Crippen molar-refractivity contribution in [1.82, 2.24) is 4.98 Å². The monoisotopic (exact) mass is 269 g/mol. The van der Waals surface area contributed by atoms with Crippen LogP contribution in [0.25, 0.3) is 0 Å². The van der Waals surface area contributed by atoms with E-state index in [0.717, 1.165) is 11.4 Å². The summed E-state index contributed by atoms with van der Waals surface area (Å²) in [5.41, 5.74) is 2.57. The number of ether oxygens (including phenoxy) is 2. The van der Waals surface area contributed by atoms with E-state index in [1.807, 2.05) is 25.1 Å². The molecule has 0 radical (unpaired) electrons. The maximum Gasteiger partial charge on any atom is 0.231 e. The molecule has 2 aromatic rings. The molecule has 0 N–H and O–H groups in total. The van der Waals surface area contributed by atoms with E-state index in [0.29, 0.717) is 29.9 Å². The van der Waals surface area contributed by atoms with E-state index >= 15 is 0 Å². The fourth-order valence-corrected chi connectivity index (χ4v) is 2.19. The van der Waals surface area contributed by atoms with Gasteiger partial charge in [0.25, 0.3) is 0 Å². The number of aryl methyl sites for hydroxylation is 2. The Morgan fingerprint density at radius 1 is 1.20 bits per heavy atom. The number of carbonyl (C=O) groups is 1. The van der Waals surface area contributed by atoms with Crippen LogP contribution >= 0.6 is 0 Å². The first-order valence-corrected chi connectivity index (χ1v) is 6.58. The topological polar surface area (TPSA) is 48.4 Å². The number of fused-ring (bicyclic) bond motifs is 1. The van der Waals surface area contributed by atoms with Gasteiger partial charge in [0, 0.05) is 23.4 Å². The van der Waals surface area contributed by atoms with Gasteiger partial charge in [0.1, 0.15) is 0 Å². The first kappa shape index (κ1) is 12.7. The Balaban J connectivity index is 1.67. The summed E-state index contributed by atoms with van der Waals surface area (Å²) < 4.78 is 10.5. The molecule has 1 aliphatic rings. The molecule has 1 aromatic carbocycles. The van der Waals surface area contributed by atoms with Crippen LogP contribution in [0, 0.1) is 6.92 Å². The molecule has 4 nitrogen and oxygen atoms in total. The van der Waals surface area contributed by atoms with Gasteiger partial charge in [-0.2, -0.15) is 0 Å². The van der Waals surface area contributed by atoms with E-state index in [1.165, 1.54) is 0 Å². The fraction of sp³-hybridized carbons (Fsp3) is 0.250. The summed E-state index contributed by atoms with van der Waals surface area (Å²) in [6.45, 7) is 2.17. The normalized spacial score (nSPS) is 12.4. The Morgan fingerprint density at radius 2 is 2.05 bits per heavy atom. The number of carbonyl (C=O) groups excluding carboxylic acids is 1. The van der Waals surface area contributed by atoms with E-state index in [-0.39, 0.29) is 12.6 Å². The average Bonchev–Trinajstić information content (AvgIpc) is 2.92. The van der Waals surface area contributed by atoms with Crippen LogP contribution in [0.3, 0.4) is 0 Å². The van der Waals surface area contributed by atoms with Gasteiger partial charge in [-0.25, -0.2) is 0 Å². The molecule has 0 fully saturated rings. The Bertz CT molecular complexity index is 652. The molecule has 102 valence electrons. The van der Waals surface area contributed by atoms with Crippen LogP contribution in [0.2, 0.25) is 0 Å². The van der Waals surface area contributed by atoms with Crippen LogP contribution in [0.5, 0.6) is 11.5 Å². The lowest BCUT2D eigenvalue weighted by Crippen LogP contribution is -2.02. The highest BCUT2D eigenvalue weighted by Crippen LogP contribution is 2.32. The van der Waals surface area contributed by atoms with Gasteiger partial charge in [0.05, 0.1) is 0 Å². The number of benzene rings is 1. The van der Waals surface area contributed by atoms with Gasteiger partial charge in [0.15, 0.2) is 17.3 Å². The minimum Gasteiger partial charge on any atom is -0.454 e. The number of ketones is 1. The van der Waals surface area contributed by atoms with Gasteiger partial charge in [-0.3, -0.25) is 9.78 Å². The second-order valence-electron chi connectivity index (χ2n) is 4.76. The lowest BCUT2D eigenvalue weighted by Gasteiger charge is -2.03. The van der Waals surface area contributed by atoms with E-state index in [9.17, 15) is 4.79 Å². The predicted octanol–water partition coefficient (Wildman–Crippen LogP) is 2.93. The third kappa shape index (κ3) is 2.64. The van der Waals surface area contributed by atoms with Crippen LogP contribution in [-0.4, -0.2) is 17.6 Å². The first-order chi connectivity index (χ1) is 9.72. The lowest BCUT2D eigenvalue weighted by molar-refractivity contribution is 0.0982. The van der Waals surface area contributed by atoms with Gasteiger partial charge < -0.3 is 9.47 Å². The van der Waals surface area contributed by atoms with Gasteiger partial charge in [-0.1, -0.05) is 6.07 Å². The number of hydrogen-bond acceptors (Lipinski definition) is 4. The molecule has 0 saturated carbocycles. The summed E-state index contributed by atoms with van der Waals surface area (Å²) >= 11 is 0. The first-order valence-electron chi connectivity index (χ1n) is 6.58. The lowest BCUT2D eigenvalue weighted by atomic mass is 10.0. The summed E-state index contributed by atoms with van der Waals surface area (Å²) in [7, 11) is 0. The molecule has 2 heterocycles. The predicted molar refractivity (Wildman–Crippen MR) is 74.2 cm³/mol. The molecule has 0 amide bonds. The van der Waals surface area contributed by atoms with Crippen LogP contribution in [0.15, 0.2) is 36.4 Å². The van der Waals surface area contributed by atoms with Gasteiger partial charge in [0.2, 0.25) is 6.79 Å². The molecule has 0 spiro atoms. The highest BCUT2D eigenvalue weighted by Gasteiger charge is 2.16. The maximum atomic E-state index is 12.2. The van der Waals surface area contributed by atoms with E-state index in [4.69, 9.17) is 9.47 Å². The highest BCUT2D eigenvalue weighted by molar-refractivity contribution is 5.96. The Morgan fingerprint density at radius 3 is 2.90 bits per heavy atom. The van der Waals surface area contributed by atoms with E-state index in [1.54, 1.807) is 18.2 Å². The number of aromatic nitrogens is 1. The van der Waals surface area contributed by atoms with Crippen LogP contribution in [0.1, 0.15) is 28.2 Å². The number of nitrogens with zero attached hydrogens (tertiary/aromatic N) is 1. The summed E-state index contributed by atoms with van der Waals surface area (Å²) in [5, 5.41) is 0. The molecule has 0 aliphatic carbocycles. The van der Waals surface area contributed by atoms with Crippen molar-refractivity contribution in [3.05, 3.63) is 53.3 Å². The zero-order valence-electron chi connectivity index (χ0n) is 11.3. The van der Waals surface area contributed by atoms with Crippen molar-refractivity contribution in [3.8, 4) is 11.5 Å². The number of Topliss-reactive ketones (excluding diaryl/α,β-unsaturated/α-hetero) is 1. The molecule has 4 heteroatoms. The minimum absolute atomic E-state index is 0.0895. The SMILES string of the molecule is Cc1cccc(CCC(=O)c2ccc3c(c2)OCO3)n1. The Labute approximate surface area is 117 Å². The van der Waals surface area contributed by atoms with Crippen molar-refractivity contribution in [2.45, 2.75) is 19.8 Å². The molecule has 0 atom stereocenters. The second kappa shape index (κ2) is 5.33. The van der Waals surface area contributed by atoms with Crippen LogP contribution in [-0.2, 0) is 6.42 Å².